The molecular formula is C14H17N3O2. The Bertz CT molecular complexity index is 618. The number of nitrogens with zero attached hydrogens (tertiary/aromatic N) is 3. The van der Waals surface area contributed by atoms with Gasteiger partial charge in [0.1, 0.15) is 11.3 Å². The SMILES string of the molecule is CC1(C)CN(c2nc3ccccn3c2C=O)CCO1. The van der Waals surface area contributed by atoms with Gasteiger partial charge in [0.15, 0.2) is 12.1 Å². The van der Waals surface area contributed by atoms with Crippen molar-refractivity contribution in [3.8, 4) is 0 Å². The van der Waals surface area contributed by atoms with Crippen molar-refractivity contribution in [3.63, 3.8) is 0 Å². The fraction of sp³-hybridized carbons (Fsp3) is 0.429. The van der Waals surface area contributed by atoms with Gasteiger partial charge in [0, 0.05) is 19.3 Å². The molecule has 1 saturated heterocycles. The zero-order chi connectivity index (χ0) is 13.5. The largest absolute Gasteiger partial charge is 0.372 e. The van der Waals surface area contributed by atoms with E-state index in [1.807, 2.05) is 28.8 Å². The van der Waals surface area contributed by atoms with Crippen LogP contribution in [0.25, 0.3) is 5.65 Å². The third-order valence-electron chi connectivity index (χ3n) is 3.38. The molecule has 3 rings (SSSR count). The lowest BCUT2D eigenvalue weighted by Gasteiger charge is -2.38. The first-order valence-corrected chi connectivity index (χ1v) is 6.42. The Morgan fingerprint density at radius 1 is 1.42 bits per heavy atom. The minimum absolute atomic E-state index is 0.214. The Morgan fingerprint density at radius 2 is 2.26 bits per heavy atom. The highest BCUT2D eigenvalue weighted by Gasteiger charge is 2.30. The van der Waals surface area contributed by atoms with E-state index in [1.165, 1.54) is 0 Å². The summed E-state index contributed by atoms with van der Waals surface area (Å²) in [5, 5.41) is 0. The summed E-state index contributed by atoms with van der Waals surface area (Å²) in [4.78, 5) is 18.1. The molecule has 0 unspecified atom stereocenters. The fourth-order valence-corrected chi connectivity index (χ4v) is 2.54. The van der Waals surface area contributed by atoms with Gasteiger partial charge in [0.2, 0.25) is 0 Å². The van der Waals surface area contributed by atoms with Crippen LogP contribution in [-0.4, -0.2) is 41.0 Å². The van der Waals surface area contributed by atoms with E-state index in [1.54, 1.807) is 0 Å². The van der Waals surface area contributed by atoms with Crippen molar-refractivity contribution in [2.45, 2.75) is 19.4 Å². The number of hydrogen-bond donors (Lipinski definition) is 0. The van der Waals surface area contributed by atoms with Crippen LogP contribution in [0.4, 0.5) is 5.82 Å². The number of pyridine rings is 1. The zero-order valence-corrected chi connectivity index (χ0v) is 11.2. The maximum atomic E-state index is 11.4. The molecule has 1 aliphatic rings. The van der Waals surface area contributed by atoms with Crippen LogP contribution in [0.3, 0.4) is 0 Å². The molecule has 2 aromatic heterocycles. The van der Waals surface area contributed by atoms with Crippen LogP contribution in [-0.2, 0) is 4.74 Å². The predicted octanol–water partition coefficient (Wildman–Crippen LogP) is 1.76. The van der Waals surface area contributed by atoms with E-state index in [0.29, 0.717) is 12.3 Å². The number of hydrogen-bond acceptors (Lipinski definition) is 4. The van der Waals surface area contributed by atoms with E-state index in [0.717, 1.165) is 30.8 Å². The number of rotatable bonds is 2. The summed E-state index contributed by atoms with van der Waals surface area (Å²) in [5.74, 6) is 0.748. The van der Waals surface area contributed by atoms with Gasteiger partial charge in [0.05, 0.1) is 12.2 Å². The summed E-state index contributed by atoms with van der Waals surface area (Å²) in [6.45, 7) is 6.25. The lowest BCUT2D eigenvalue weighted by molar-refractivity contribution is -0.0279. The molecule has 100 valence electrons. The van der Waals surface area contributed by atoms with Gasteiger partial charge in [-0.05, 0) is 26.0 Å². The summed E-state index contributed by atoms with van der Waals surface area (Å²) < 4.78 is 7.52. The first-order valence-electron chi connectivity index (χ1n) is 6.42. The van der Waals surface area contributed by atoms with E-state index in [-0.39, 0.29) is 5.60 Å². The van der Waals surface area contributed by atoms with Crippen LogP contribution in [0.1, 0.15) is 24.3 Å². The third-order valence-corrected chi connectivity index (χ3v) is 3.38. The topological polar surface area (TPSA) is 46.8 Å². The van der Waals surface area contributed by atoms with Crippen molar-refractivity contribution in [3.05, 3.63) is 30.1 Å². The predicted molar refractivity (Wildman–Crippen MR) is 72.8 cm³/mol. The van der Waals surface area contributed by atoms with Crippen molar-refractivity contribution < 1.29 is 9.53 Å². The molecule has 0 aromatic carbocycles. The molecule has 1 fully saturated rings. The van der Waals surface area contributed by atoms with Crippen molar-refractivity contribution in [2.24, 2.45) is 0 Å². The van der Waals surface area contributed by atoms with Gasteiger partial charge in [-0.15, -0.1) is 0 Å². The highest BCUT2D eigenvalue weighted by molar-refractivity contribution is 5.83. The Balaban J connectivity index is 2.07. The number of carbonyl (C=O) groups is 1. The molecule has 0 bridgehead atoms. The van der Waals surface area contributed by atoms with Crippen molar-refractivity contribution in [1.29, 1.82) is 0 Å². The molecule has 3 heterocycles. The summed E-state index contributed by atoms with van der Waals surface area (Å²) in [7, 11) is 0. The average molecular weight is 259 g/mol. The molecule has 19 heavy (non-hydrogen) atoms. The van der Waals surface area contributed by atoms with Gasteiger partial charge >= 0.3 is 0 Å². The Labute approximate surface area is 111 Å². The number of fused-ring (bicyclic) bond motifs is 1. The number of aldehydes is 1. The molecular weight excluding hydrogens is 242 g/mol. The molecule has 0 aliphatic carbocycles. The second-order valence-electron chi connectivity index (χ2n) is 5.40. The summed E-state index contributed by atoms with van der Waals surface area (Å²) in [5.41, 5.74) is 1.19. The Hall–Kier alpha value is -1.88. The summed E-state index contributed by atoms with van der Waals surface area (Å²) in [6.07, 6.45) is 2.74. The van der Waals surface area contributed by atoms with Crippen molar-refractivity contribution >= 4 is 17.8 Å². The Kier molecular flexibility index (Phi) is 2.78. The molecule has 0 N–H and O–H groups in total. The first-order chi connectivity index (χ1) is 9.11. The minimum Gasteiger partial charge on any atom is -0.372 e. The van der Waals surface area contributed by atoms with E-state index < -0.39 is 0 Å². The number of carbonyl (C=O) groups excluding carboxylic acids is 1. The summed E-state index contributed by atoms with van der Waals surface area (Å²) in [6, 6.07) is 5.72. The normalized spacial score (nSPS) is 18.7. The maximum absolute atomic E-state index is 11.4. The van der Waals surface area contributed by atoms with Crippen LogP contribution >= 0.6 is 0 Å². The molecule has 0 radical (unpaired) electrons. The third kappa shape index (κ3) is 2.10. The van der Waals surface area contributed by atoms with E-state index in [9.17, 15) is 4.79 Å². The lowest BCUT2D eigenvalue weighted by Crippen LogP contribution is -2.48. The first kappa shape index (κ1) is 12.2. The van der Waals surface area contributed by atoms with E-state index in [2.05, 4.69) is 23.7 Å². The smallest absolute Gasteiger partial charge is 0.170 e. The number of anilines is 1. The maximum Gasteiger partial charge on any atom is 0.170 e. The second kappa shape index (κ2) is 4.35. The number of ether oxygens (including phenoxy) is 1. The average Bonchev–Trinajstić information content (AvgIpc) is 2.76. The monoisotopic (exact) mass is 259 g/mol. The number of morpholine rings is 1. The van der Waals surface area contributed by atoms with Gasteiger partial charge in [0.25, 0.3) is 0 Å². The fourth-order valence-electron chi connectivity index (χ4n) is 2.54. The lowest BCUT2D eigenvalue weighted by atomic mass is 10.1. The molecule has 5 nitrogen and oxygen atoms in total. The van der Waals surface area contributed by atoms with E-state index >= 15 is 0 Å². The van der Waals surface area contributed by atoms with Crippen LogP contribution < -0.4 is 4.90 Å². The van der Waals surface area contributed by atoms with Crippen LogP contribution in [0.5, 0.6) is 0 Å². The molecule has 0 atom stereocenters. The van der Waals surface area contributed by atoms with Gasteiger partial charge in [-0.3, -0.25) is 9.20 Å². The van der Waals surface area contributed by atoms with Crippen LogP contribution in [0.15, 0.2) is 24.4 Å². The van der Waals surface area contributed by atoms with Gasteiger partial charge in [-0.25, -0.2) is 4.98 Å². The number of imidazole rings is 1. The number of aromatic nitrogens is 2. The quantitative estimate of drug-likeness (QED) is 0.771. The van der Waals surface area contributed by atoms with Gasteiger partial charge in [-0.2, -0.15) is 0 Å². The second-order valence-corrected chi connectivity index (χ2v) is 5.40. The highest BCUT2D eigenvalue weighted by Crippen LogP contribution is 2.25. The molecule has 1 aliphatic heterocycles. The standard InChI is InChI=1S/C14H17N3O2/c1-14(2)10-16(7-8-19-14)13-11(9-18)17-6-4-3-5-12(17)15-13/h3-6,9H,7-8,10H2,1-2H3. The summed E-state index contributed by atoms with van der Waals surface area (Å²) >= 11 is 0. The van der Waals surface area contributed by atoms with Gasteiger partial charge < -0.3 is 9.64 Å². The van der Waals surface area contributed by atoms with Crippen LogP contribution in [0, 0.1) is 0 Å². The molecule has 5 heteroatoms. The van der Waals surface area contributed by atoms with Crippen molar-refractivity contribution in [2.75, 3.05) is 24.6 Å². The van der Waals surface area contributed by atoms with Crippen LogP contribution in [0.2, 0.25) is 0 Å². The van der Waals surface area contributed by atoms with E-state index in [4.69, 9.17) is 4.74 Å². The molecule has 0 spiro atoms. The van der Waals surface area contributed by atoms with Crippen molar-refractivity contribution in [1.82, 2.24) is 9.38 Å². The molecule has 2 aromatic rings. The minimum atomic E-state index is -0.214. The highest BCUT2D eigenvalue weighted by atomic mass is 16.5. The molecule has 0 amide bonds. The Morgan fingerprint density at radius 3 is 3.00 bits per heavy atom. The zero-order valence-electron chi connectivity index (χ0n) is 11.2. The molecule has 0 saturated carbocycles. The van der Waals surface area contributed by atoms with Gasteiger partial charge in [-0.1, -0.05) is 6.07 Å².